The van der Waals surface area contributed by atoms with Crippen LogP contribution >= 0.6 is 11.8 Å². The van der Waals surface area contributed by atoms with E-state index in [4.69, 9.17) is 4.74 Å². The number of amides is 2. The first-order valence-corrected chi connectivity index (χ1v) is 10.8. The number of nitrogens with one attached hydrogen (secondary N) is 1. The van der Waals surface area contributed by atoms with Gasteiger partial charge in [0.05, 0.1) is 0 Å². The number of urea groups is 1. The lowest BCUT2D eigenvalue weighted by atomic mass is 10.1. The third-order valence-electron chi connectivity index (χ3n) is 4.86. The van der Waals surface area contributed by atoms with Crippen molar-refractivity contribution in [1.29, 1.82) is 0 Å². The number of rotatable bonds is 6. The summed E-state index contributed by atoms with van der Waals surface area (Å²) in [6.07, 6.45) is 0. The lowest BCUT2D eigenvalue weighted by molar-refractivity contribution is 0.198. The van der Waals surface area contributed by atoms with Crippen LogP contribution in [-0.4, -0.2) is 23.2 Å². The number of nitrogens with zero attached hydrogens (tertiary/aromatic N) is 1. The number of para-hydroxylation sites is 1. The molecule has 1 saturated heterocycles. The van der Waals surface area contributed by atoms with Crippen molar-refractivity contribution in [2.24, 2.45) is 0 Å². The number of carbonyl (C=O) groups is 1. The molecule has 0 saturated carbocycles. The van der Waals surface area contributed by atoms with Gasteiger partial charge >= 0.3 is 6.03 Å². The Morgan fingerprint density at radius 1 is 0.931 bits per heavy atom. The molecule has 1 aliphatic rings. The minimum absolute atomic E-state index is 0.0401. The van der Waals surface area contributed by atoms with E-state index < -0.39 is 0 Å². The van der Waals surface area contributed by atoms with Crippen molar-refractivity contribution in [2.75, 3.05) is 12.3 Å². The number of ether oxygens (including phenoxy) is 1. The Morgan fingerprint density at radius 3 is 2.34 bits per heavy atom. The number of carbonyl (C=O) groups excluding carboxylic acids is 1. The Bertz CT molecular complexity index is 934. The van der Waals surface area contributed by atoms with Gasteiger partial charge in [0.1, 0.15) is 17.7 Å². The molecule has 0 unspecified atom stereocenters. The lowest BCUT2D eigenvalue weighted by Gasteiger charge is -2.26. The number of hydrogen-bond donors (Lipinski definition) is 1. The maximum absolute atomic E-state index is 12.9. The average Bonchev–Trinajstić information content (AvgIpc) is 3.27. The predicted molar refractivity (Wildman–Crippen MR) is 118 cm³/mol. The second-order valence-electron chi connectivity index (χ2n) is 6.87. The first-order valence-electron chi connectivity index (χ1n) is 9.77. The number of benzene rings is 3. The Hall–Kier alpha value is -2.92. The minimum Gasteiger partial charge on any atom is -0.489 e. The van der Waals surface area contributed by atoms with Crippen LogP contribution in [0.2, 0.25) is 0 Å². The van der Waals surface area contributed by atoms with Gasteiger partial charge in [-0.25, -0.2) is 4.79 Å². The summed E-state index contributed by atoms with van der Waals surface area (Å²) in [5, 5.41) is 3.01. The van der Waals surface area contributed by atoms with Gasteiger partial charge in [0.15, 0.2) is 0 Å². The molecule has 0 aliphatic carbocycles. The van der Waals surface area contributed by atoms with Gasteiger partial charge in [-0.15, -0.1) is 11.8 Å². The molecule has 0 bridgehead atoms. The molecular formula is C24H24N2O2S. The quantitative estimate of drug-likeness (QED) is 0.612. The molecule has 4 rings (SSSR count). The zero-order valence-corrected chi connectivity index (χ0v) is 17.0. The standard InChI is InChI=1S/C24H24N2O2S/c27-24(25-17-19-9-3-1-4-10-19)26-15-16-29-23(26)21-13-7-8-14-22(21)28-18-20-11-5-2-6-12-20/h1-14,23H,15-18H2,(H,25,27)/t23-/m1/s1. The molecule has 3 aromatic carbocycles. The topological polar surface area (TPSA) is 41.6 Å². The maximum atomic E-state index is 12.9. The van der Waals surface area contributed by atoms with Gasteiger partial charge in [0.2, 0.25) is 0 Å². The maximum Gasteiger partial charge on any atom is 0.318 e. The molecule has 0 radical (unpaired) electrons. The highest BCUT2D eigenvalue weighted by Crippen LogP contribution is 2.42. The number of hydrogen-bond acceptors (Lipinski definition) is 3. The summed E-state index contributed by atoms with van der Waals surface area (Å²) >= 11 is 1.77. The van der Waals surface area contributed by atoms with Crippen molar-refractivity contribution in [2.45, 2.75) is 18.5 Å². The molecule has 2 amide bonds. The van der Waals surface area contributed by atoms with Crippen LogP contribution in [0.15, 0.2) is 84.9 Å². The Kier molecular flexibility index (Phi) is 6.37. The van der Waals surface area contributed by atoms with Crippen LogP contribution in [0.1, 0.15) is 22.1 Å². The van der Waals surface area contributed by atoms with Gasteiger partial charge in [-0.05, 0) is 17.2 Å². The second kappa shape index (κ2) is 9.52. The van der Waals surface area contributed by atoms with Crippen LogP contribution in [0.4, 0.5) is 4.79 Å². The number of thioether (sulfide) groups is 1. The molecular weight excluding hydrogens is 380 g/mol. The van der Waals surface area contributed by atoms with E-state index in [1.165, 1.54) is 0 Å². The first kappa shape index (κ1) is 19.4. The zero-order chi connectivity index (χ0) is 19.9. The molecule has 148 valence electrons. The van der Waals surface area contributed by atoms with E-state index in [1.807, 2.05) is 71.6 Å². The van der Waals surface area contributed by atoms with Crippen molar-refractivity contribution < 1.29 is 9.53 Å². The molecule has 3 aromatic rings. The van der Waals surface area contributed by atoms with E-state index >= 15 is 0 Å². The van der Waals surface area contributed by atoms with E-state index in [1.54, 1.807) is 11.8 Å². The molecule has 1 fully saturated rings. The van der Waals surface area contributed by atoms with Crippen molar-refractivity contribution in [3.8, 4) is 5.75 Å². The van der Waals surface area contributed by atoms with Crippen LogP contribution in [0.5, 0.6) is 5.75 Å². The molecule has 4 nitrogen and oxygen atoms in total. The molecule has 1 atom stereocenters. The fourth-order valence-corrected chi connectivity index (χ4v) is 4.64. The third kappa shape index (κ3) is 4.93. The lowest BCUT2D eigenvalue weighted by Crippen LogP contribution is -2.39. The van der Waals surface area contributed by atoms with Crippen LogP contribution in [0.3, 0.4) is 0 Å². The minimum atomic E-state index is -0.0438. The van der Waals surface area contributed by atoms with Gasteiger partial charge < -0.3 is 15.0 Å². The average molecular weight is 405 g/mol. The fraction of sp³-hybridized carbons (Fsp3) is 0.208. The van der Waals surface area contributed by atoms with Gasteiger partial charge in [-0.2, -0.15) is 0 Å². The van der Waals surface area contributed by atoms with Gasteiger partial charge in [0.25, 0.3) is 0 Å². The normalized spacial score (nSPS) is 15.9. The highest BCUT2D eigenvalue weighted by Gasteiger charge is 2.32. The van der Waals surface area contributed by atoms with Crippen LogP contribution in [0.25, 0.3) is 0 Å². The monoisotopic (exact) mass is 404 g/mol. The largest absolute Gasteiger partial charge is 0.489 e. The fourth-order valence-electron chi connectivity index (χ4n) is 3.36. The summed E-state index contributed by atoms with van der Waals surface area (Å²) in [5.41, 5.74) is 3.26. The SMILES string of the molecule is O=C(NCc1ccccc1)N1CCS[C@@H]1c1ccccc1OCc1ccccc1. The molecule has 0 aromatic heterocycles. The molecule has 0 spiro atoms. The molecule has 1 aliphatic heterocycles. The summed E-state index contributed by atoms with van der Waals surface area (Å²) in [6, 6.07) is 28.1. The summed E-state index contributed by atoms with van der Waals surface area (Å²) < 4.78 is 6.12. The second-order valence-corrected chi connectivity index (χ2v) is 8.06. The van der Waals surface area contributed by atoms with Crippen LogP contribution in [-0.2, 0) is 13.2 Å². The summed E-state index contributed by atoms with van der Waals surface area (Å²) in [4.78, 5) is 14.8. The molecule has 1 heterocycles. The van der Waals surface area contributed by atoms with Crippen LogP contribution < -0.4 is 10.1 Å². The van der Waals surface area contributed by atoms with E-state index in [2.05, 4.69) is 23.5 Å². The smallest absolute Gasteiger partial charge is 0.318 e. The molecule has 5 heteroatoms. The zero-order valence-electron chi connectivity index (χ0n) is 16.2. The highest BCUT2D eigenvalue weighted by atomic mass is 32.2. The Balaban J connectivity index is 1.44. The first-order chi connectivity index (χ1) is 14.3. The summed E-state index contributed by atoms with van der Waals surface area (Å²) in [6.45, 7) is 1.76. The van der Waals surface area contributed by atoms with E-state index in [0.717, 1.165) is 34.7 Å². The highest BCUT2D eigenvalue weighted by molar-refractivity contribution is 7.99. The Morgan fingerprint density at radius 2 is 1.59 bits per heavy atom. The van der Waals surface area contributed by atoms with Crippen molar-refractivity contribution >= 4 is 17.8 Å². The van der Waals surface area contributed by atoms with Gasteiger partial charge in [-0.3, -0.25) is 0 Å². The molecule has 29 heavy (non-hydrogen) atoms. The van der Waals surface area contributed by atoms with E-state index in [0.29, 0.717) is 13.2 Å². The van der Waals surface area contributed by atoms with Gasteiger partial charge in [0, 0.05) is 24.4 Å². The van der Waals surface area contributed by atoms with Crippen LogP contribution in [0, 0.1) is 0 Å². The summed E-state index contributed by atoms with van der Waals surface area (Å²) in [7, 11) is 0. The predicted octanol–water partition coefficient (Wildman–Crippen LogP) is 5.22. The summed E-state index contributed by atoms with van der Waals surface area (Å²) in [5.74, 6) is 1.74. The van der Waals surface area contributed by atoms with Gasteiger partial charge in [-0.1, -0.05) is 78.9 Å². The Labute approximate surface area is 175 Å². The van der Waals surface area contributed by atoms with Crippen molar-refractivity contribution in [3.63, 3.8) is 0 Å². The molecule has 1 N–H and O–H groups in total. The van der Waals surface area contributed by atoms with Crippen molar-refractivity contribution in [3.05, 3.63) is 102 Å². The van der Waals surface area contributed by atoms with E-state index in [-0.39, 0.29) is 11.4 Å². The van der Waals surface area contributed by atoms with Crippen molar-refractivity contribution in [1.82, 2.24) is 10.2 Å². The third-order valence-corrected chi connectivity index (χ3v) is 6.10. The van der Waals surface area contributed by atoms with E-state index in [9.17, 15) is 4.79 Å².